The van der Waals surface area contributed by atoms with E-state index in [4.69, 9.17) is 0 Å². The molecule has 0 fully saturated rings. The summed E-state index contributed by atoms with van der Waals surface area (Å²) in [6, 6.07) is 6.49. The Kier molecular flexibility index (Phi) is 4.50. The van der Waals surface area contributed by atoms with Crippen LogP contribution in [0.4, 0.5) is 0 Å². The molecule has 2 nitrogen and oxygen atoms in total. The molecule has 1 aromatic carbocycles. The average molecular weight is 205 g/mol. The Balaban J connectivity index is 2.40. The van der Waals surface area contributed by atoms with Crippen molar-refractivity contribution in [1.29, 1.82) is 0 Å². The van der Waals surface area contributed by atoms with Crippen molar-refractivity contribution in [2.75, 3.05) is 13.1 Å². The normalized spacial score (nSPS) is 10.3. The van der Waals surface area contributed by atoms with E-state index in [-0.39, 0.29) is 5.78 Å². The average Bonchev–Trinajstić information content (AvgIpc) is 2.14. The highest BCUT2D eigenvalue weighted by Gasteiger charge is 1.98. The van der Waals surface area contributed by atoms with Gasteiger partial charge in [-0.3, -0.25) is 4.79 Å². The Hall–Kier alpha value is -1.15. The lowest BCUT2D eigenvalue weighted by Gasteiger charge is -2.07. The SMILES string of the molecule is CC(=O)CNCCc1ccc(C)cc1C. The summed E-state index contributed by atoms with van der Waals surface area (Å²) < 4.78 is 0. The molecule has 0 aliphatic heterocycles. The summed E-state index contributed by atoms with van der Waals surface area (Å²) in [5.74, 6) is 0.190. The van der Waals surface area contributed by atoms with Crippen LogP contribution in [0, 0.1) is 13.8 Å². The molecule has 0 atom stereocenters. The Morgan fingerprint density at radius 2 is 2.07 bits per heavy atom. The number of carbonyl (C=O) groups is 1. The number of hydrogen-bond donors (Lipinski definition) is 1. The first-order valence-corrected chi connectivity index (χ1v) is 5.36. The molecular formula is C13H19NO. The van der Waals surface area contributed by atoms with E-state index < -0.39 is 0 Å². The fourth-order valence-corrected chi connectivity index (χ4v) is 1.61. The minimum absolute atomic E-state index is 0.190. The molecule has 0 radical (unpaired) electrons. The summed E-state index contributed by atoms with van der Waals surface area (Å²) in [7, 11) is 0. The first-order valence-electron chi connectivity index (χ1n) is 5.36. The lowest BCUT2D eigenvalue weighted by atomic mass is 10.0. The van der Waals surface area contributed by atoms with Crippen LogP contribution in [0.25, 0.3) is 0 Å². The molecule has 0 aliphatic carbocycles. The predicted octanol–water partition coefficient (Wildman–Crippen LogP) is 2.02. The molecule has 0 saturated carbocycles. The standard InChI is InChI=1S/C13H19NO/c1-10-4-5-13(11(2)8-10)6-7-14-9-12(3)15/h4-5,8,14H,6-7,9H2,1-3H3. The van der Waals surface area contributed by atoms with E-state index in [2.05, 4.69) is 37.4 Å². The summed E-state index contributed by atoms with van der Waals surface area (Å²) in [5, 5.41) is 3.13. The number of benzene rings is 1. The van der Waals surface area contributed by atoms with Crippen molar-refractivity contribution >= 4 is 5.78 Å². The number of Topliss-reactive ketones (excluding diaryl/α,β-unsaturated/α-hetero) is 1. The van der Waals surface area contributed by atoms with E-state index in [1.165, 1.54) is 16.7 Å². The largest absolute Gasteiger partial charge is 0.310 e. The monoisotopic (exact) mass is 205 g/mol. The number of hydrogen-bond acceptors (Lipinski definition) is 2. The zero-order valence-electron chi connectivity index (χ0n) is 9.76. The van der Waals surface area contributed by atoms with Crippen molar-refractivity contribution in [3.63, 3.8) is 0 Å². The fraction of sp³-hybridized carbons (Fsp3) is 0.462. The lowest BCUT2D eigenvalue weighted by Crippen LogP contribution is -2.23. The third-order valence-electron chi connectivity index (χ3n) is 2.44. The van der Waals surface area contributed by atoms with Crippen LogP contribution in [0.5, 0.6) is 0 Å². The Morgan fingerprint density at radius 1 is 1.33 bits per heavy atom. The maximum absolute atomic E-state index is 10.7. The number of carbonyl (C=O) groups excluding carboxylic acids is 1. The second kappa shape index (κ2) is 5.66. The third kappa shape index (κ3) is 4.26. The third-order valence-corrected chi connectivity index (χ3v) is 2.44. The highest BCUT2D eigenvalue weighted by atomic mass is 16.1. The quantitative estimate of drug-likeness (QED) is 0.745. The molecule has 0 bridgehead atoms. The van der Waals surface area contributed by atoms with Crippen LogP contribution in [0.2, 0.25) is 0 Å². The van der Waals surface area contributed by atoms with Gasteiger partial charge in [0.15, 0.2) is 0 Å². The van der Waals surface area contributed by atoms with Gasteiger partial charge in [-0.25, -0.2) is 0 Å². The molecule has 82 valence electrons. The van der Waals surface area contributed by atoms with Crippen molar-refractivity contribution in [3.05, 3.63) is 34.9 Å². The molecule has 0 aromatic heterocycles. The van der Waals surface area contributed by atoms with Gasteiger partial charge in [-0.15, -0.1) is 0 Å². The second-order valence-corrected chi connectivity index (χ2v) is 4.06. The van der Waals surface area contributed by atoms with Gasteiger partial charge >= 0.3 is 0 Å². The van der Waals surface area contributed by atoms with E-state index in [9.17, 15) is 4.79 Å². The van der Waals surface area contributed by atoms with Crippen LogP contribution in [0.15, 0.2) is 18.2 Å². The van der Waals surface area contributed by atoms with Gasteiger partial charge in [0.2, 0.25) is 0 Å². The van der Waals surface area contributed by atoms with E-state index in [1.807, 2.05) is 0 Å². The van der Waals surface area contributed by atoms with Gasteiger partial charge in [0.1, 0.15) is 5.78 Å². The molecular weight excluding hydrogens is 186 g/mol. The first-order chi connectivity index (χ1) is 7.09. The van der Waals surface area contributed by atoms with Gasteiger partial charge in [-0.2, -0.15) is 0 Å². The molecule has 15 heavy (non-hydrogen) atoms. The molecule has 0 spiro atoms. The first kappa shape index (κ1) is 11.9. The highest BCUT2D eigenvalue weighted by molar-refractivity contribution is 5.77. The van der Waals surface area contributed by atoms with Crippen LogP contribution in [-0.4, -0.2) is 18.9 Å². The Bertz CT molecular complexity index is 344. The van der Waals surface area contributed by atoms with Crippen molar-refractivity contribution in [1.82, 2.24) is 5.32 Å². The zero-order valence-corrected chi connectivity index (χ0v) is 9.76. The van der Waals surface area contributed by atoms with Crippen molar-refractivity contribution in [2.24, 2.45) is 0 Å². The molecule has 1 rings (SSSR count). The molecule has 2 heteroatoms. The van der Waals surface area contributed by atoms with Crippen LogP contribution in [-0.2, 0) is 11.2 Å². The van der Waals surface area contributed by atoms with Gasteiger partial charge in [-0.1, -0.05) is 23.8 Å². The molecule has 0 saturated heterocycles. The smallest absolute Gasteiger partial charge is 0.143 e. The molecule has 0 aliphatic rings. The summed E-state index contributed by atoms with van der Waals surface area (Å²) in [6.07, 6.45) is 0.986. The summed E-state index contributed by atoms with van der Waals surface area (Å²) in [5.41, 5.74) is 3.99. The van der Waals surface area contributed by atoms with E-state index >= 15 is 0 Å². The van der Waals surface area contributed by atoms with Crippen LogP contribution in [0.1, 0.15) is 23.6 Å². The molecule has 0 amide bonds. The van der Waals surface area contributed by atoms with Gasteiger partial charge < -0.3 is 5.32 Å². The van der Waals surface area contributed by atoms with Crippen LogP contribution in [0.3, 0.4) is 0 Å². The molecule has 0 unspecified atom stereocenters. The zero-order chi connectivity index (χ0) is 11.3. The fourth-order valence-electron chi connectivity index (χ4n) is 1.61. The summed E-state index contributed by atoms with van der Waals surface area (Å²) >= 11 is 0. The van der Waals surface area contributed by atoms with Crippen molar-refractivity contribution in [2.45, 2.75) is 27.2 Å². The number of ketones is 1. The molecule has 0 heterocycles. The topological polar surface area (TPSA) is 29.1 Å². The Morgan fingerprint density at radius 3 is 2.67 bits per heavy atom. The molecule has 1 aromatic rings. The summed E-state index contributed by atoms with van der Waals surface area (Å²) in [4.78, 5) is 10.7. The van der Waals surface area contributed by atoms with Crippen LogP contribution < -0.4 is 5.32 Å². The van der Waals surface area contributed by atoms with E-state index in [1.54, 1.807) is 6.92 Å². The highest BCUT2D eigenvalue weighted by Crippen LogP contribution is 2.10. The number of rotatable bonds is 5. The van der Waals surface area contributed by atoms with E-state index in [0.29, 0.717) is 6.54 Å². The number of aryl methyl sites for hydroxylation is 2. The minimum Gasteiger partial charge on any atom is -0.310 e. The van der Waals surface area contributed by atoms with Crippen LogP contribution >= 0.6 is 0 Å². The van der Waals surface area contributed by atoms with Crippen molar-refractivity contribution < 1.29 is 4.79 Å². The van der Waals surface area contributed by atoms with Crippen molar-refractivity contribution in [3.8, 4) is 0 Å². The molecule has 1 N–H and O–H groups in total. The van der Waals surface area contributed by atoms with Gasteiger partial charge in [0.05, 0.1) is 6.54 Å². The maximum Gasteiger partial charge on any atom is 0.143 e. The Labute approximate surface area is 91.7 Å². The lowest BCUT2D eigenvalue weighted by molar-refractivity contribution is -0.116. The summed E-state index contributed by atoms with van der Waals surface area (Å²) in [6.45, 7) is 7.18. The van der Waals surface area contributed by atoms with Gasteiger partial charge in [-0.05, 0) is 44.9 Å². The predicted molar refractivity (Wildman–Crippen MR) is 63.2 cm³/mol. The maximum atomic E-state index is 10.7. The second-order valence-electron chi connectivity index (χ2n) is 4.06. The van der Waals surface area contributed by atoms with Gasteiger partial charge in [0, 0.05) is 0 Å². The number of nitrogens with one attached hydrogen (secondary N) is 1. The minimum atomic E-state index is 0.190. The van der Waals surface area contributed by atoms with E-state index in [0.717, 1.165) is 13.0 Å². The van der Waals surface area contributed by atoms with Gasteiger partial charge in [0.25, 0.3) is 0 Å².